The number of nitro benzene ring substituents is 1. The molecule has 2 N–H and O–H groups in total. The Balaban J connectivity index is 2.30. The quantitative estimate of drug-likeness (QED) is 0.582. The molecule has 7 nitrogen and oxygen atoms in total. The van der Waals surface area contributed by atoms with E-state index in [2.05, 4.69) is 5.32 Å². The Kier molecular flexibility index (Phi) is 5.95. The predicted octanol–water partition coefficient (Wildman–Crippen LogP) is 3.85. The minimum Gasteiger partial charge on any atom is -0.481 e. The molecule has 0 radical (unpaired) electrons. The van der Waals surface area contributed by atoms with Crippen molar-refractivity contribution in [2.24, 2.45) is 0 Å². The highest BCUT2D eigenvalue weighted by Gasteiger charge is 2.22. The number of aliphatic carboxylic acids is 1. The fourth-order valence-electron chi connectivity index (χ4n) is 2.20. The number of non-ortho nitro benzene ring substituents is 1. The van der Waals surface area contributed by atoms with Gasteiger partial charge in [-0.25, -0.2) is 0 Å². The Morgan fingerprint density at radius 3 is 2.16 bits per heavy atom. The van der Waals surface area contributed by atoms with E-state index in [1.165, 1.54) is 36.4 Å². The van der Waals surface area contributed by atoms with Crippen LogP contribution in [0.2, 0.25) is 10.0 Å². The van der Waals surface area contributed by atoms with Crippen molar-refractivity contribution in [3.63, 3.8) is 0 Å². The molecule has 0 saturated carbocycles. The van der Waals surface area contributed by atoms with Crippen molar-refractivity contribution in [3.05, 3.63) is 73.8 Å². The van der Waals surface area contributed by atoms with Crippen LogP contribution in [-0.2, 0) is 4.79 Å². The maximum absolute atomic E-state index is 12.4. The minimum absolute atomic E-state index is 0.0307. The molecule has 0 aromatic heterocycles. The van der Waals surface area contributed by atoms with E-state index in [0.29, 0.717) is 5.56 Å². The number of halogens is 2. The van der Waals surface area contributed by atoms with Crippen molar-refractivity contribution in [2.75, 3.05) is 0 Å². The molecule has 2 rings (SSSR count). The van der Waals surface area contributed by atoms with E-state index in [0.717, 1.165) is 0 Å². The molecule has 1 atom stereocenters. The molecule has 2 aromatic carbocycles. The van der Waals surface area contributed by atoms with Crippen LogP contribution in [-0.4, -0.2) is 21.9 Å². The van der Waals surface area contributed by atoms with Crippen LogP contribution in [0, 0.1) is 10.1 Å². The maximum atomic E-state index is 12.4. The van der Waals surface area contributed by atoms with Gasteiger partial charge in [0.1, 0.15) is 0 Å². The first-order chi connectivity index (χ1) is 11.8. The highest BCUT2D eigenvalue weighted by atomic mass is 35.5. The second kappa shape index (κ2) is 7.96. The monoisotopic (exact) mass is 382 g/mol. The molecular formula is C16H12Cl2N2O5. The van der Waals surface area contributed by atoms with Crippen LogP contribution in [0.5, 0.6) is 0 Å². The predicted molar refractivity (Wildman–Crippen MR) is 92.0 cm³/mol. The van der Waals surface area contributed by atoms with Crippen molar-refractivity contribution in [1.29, 1.82) is 0 Å². The number of nitrogens with zero attached hydrogens (tertiary/aromatic N) is 1. The number of carboxylic acid groups (broad SMARTS) is 1. The second-order valence-corrected chi connectivity index (χ2v) is 5.88. The molecule has 1 unspecified atom stereocenters. The zero-order valence-electron chi connectivity index (χ0n) is 12.6. The van der Waals surface area contributed by atoms with E-state index in [4.69, 9.17) is 28.3 Å². The summed E-state index contributed by atoms with van der Waals surface area (Å²) in [5.74, 6) is -1.78. The molecule has 0 saturated heterocycles. The summed E-state index contributed by atoms with van der Waals surface area (Å²) in [4.78, 5) is 33.7. The Morgan fingerprint density at radius 1 is 1.12 bits per heavy atom. The summed E-state index contributed by atoms with van der Waals surface area (Å²) in [5.41, 5.74) is 0.297. The van der Waals surface area contributed by atoms with Gasteiger partial charge in [0.2, 0.25) is 0 Å². The molecule has 0 heterocycles. The number of carbonyl (C=O) groups is 2. The number of rotatable bonds is 6. The summed E-state index contributed by atoms with van der Waals surface area (Å²) in [6.45, 7) is 0. The van der Waals surface area contributed by atoms with Crippen molar-refractivity contribution < 1.29 is 19.6 Å². The number of nitro groups is 1. The van der Waals surface area contributed by atoms with Crippen molar-refractivity contribution in [2.45, 2.75) is 12.5 Å². The summed E-state index contributed by atoms with van der Waals surface area (Å²) < 4.78 is 0. The molecule has 130 valence electrons. The number of nitrogens with one attached hydrogen (secondary N) is 1. The zero-order valence-corrected chi connectivity index (χ0v) is 14.1. The Morgan fingerprint density at radius 2 is 1.68 bits per heavy atom. The van der Waals surface area contributed by atoms with Crippen molar-refractivity contribution in [3.8, 4) is 0 Å². The maximum Gasteiger partial charge on any atom is 0.305 e. The number of carbonyl (C=O) groups excluding carboxylic acids is 1. The van der Waals surface area contributed by atoms with Gasteiger partial charge in [-0.05, 0) is 17.7 Å². The number of carboxylic acids is 1. The third kappa shape index (κ3) is 4.68. The summed E-state index contributed by atoms with van der Waals surface area (Å²) in [5, 5.41) is 22.6. The number of benzene rings is 2. The van der Waals surface area contributed by atoms with E-state index >= 15 is 0 Å². The molecule has 0 bridgehead atoms. The fourth-order valence-corrected chi connectivity index (χ4v) is 2.77. The average molecular weight is 383 g/mol. The van der Waals surface area contributed by atoms with Gasteiger partial charge in [-0.3, -0.25) is 19.7 Å². The lowest BCUT2D eigenvalue weighted by molar-refractivity contribution is -0.384. The van der Waals surface area contributed by atoms with Crippen LogP contribution >= 0.6 is 23.2 Å². The summed E-state index contributed by atoms with van der Waals surface area (Å²) >= 11 is 12.0. The number of hydrogen-bond acceptors (Lipinski definition) is 4. The first-order valence-corrected chi connectivity index (χ1v) is 7.76. The highest BCUT2D eigenvalue weighted by Crippen LogP contribution is 2.26. The molecule has 2 aromatic rings. The lowest BCUT2D eigenvalue weighted by atomic mass is 10.0. The average Bonchev–Trinajstić information content (AvgIpc) is 2.53. The van der Waals surface area contributed by atoms with E-state index in [-0.39, 0.29) is 21.3 Å². The lowest BCUT2D eigenvalue weighted by Crippen LogP contribution is -2.30. The highest BCUT2D eigenvalue weighted by molar-refractivity contribution is 6.39. The smallest absolute Gasteiger partial charge is 0.305 e. The molecule has 0 aliphatic rings. The van der Waals surface area contributed by atoms with Crippen LogP contribution in [0.3, 0.4) is 0 Å². The van der Waals surface area contributed by atoms with Gasteiger partial charge >= 0.3 is 5.97 Å². The Hall–Kier alpha value is -2.64. The minimum atomic E-state index is -1.14. The van der Waals surface area contributed by atoms with Crippen LogP contribution in [0.15, 0.2) is 42.5 Å². The van der Waals surface area contributed by atoms with Crippen LogP contribution in [0.4, 0.5) is 5.69 Å². The SMILES string of the molecule is O=C(O)CC(NC(=O)c1c(Cl)cccc1Cl)c1ccc([N+](=O)[O-])cc1. The molecule has 1 amide bonds. The first kappa shape index (κ1) is 18.7. The Bertz CT molecular complexity index is 804. The third-order valence-corrected chi connectivity index (χ3v) is 4.01. The molecule has 0 aliphatic carbocycles. The van der Waals surface area contributed by atoms with Gasteiger partial charge in [0.15, 0.2) is 0 Å². The normalized spacial score (nSPS) is 11.6. The van der Waals surface area contributed by atoms with Gasteiger partial charge in [0, 0.05) is 12.1 Å². The molecule has 25 heavy (non-hydrogen) atoms. The van der Waals surface area contributed by atoms with Gasteiger partial charge in [0.25, 0.3) is 11.6 Å². The van der Waals surface area contributed by atoms with Crippen molar-refractivity contribution >= 4 is 40.8 Å². The number of hydrogen-bond donors (Lipinski definition) is 2. The summed E-state index contributed by atoms with van der Waals surface area (Å²) in [6, 6.07) is 8.89. The van der Waals surface area contributed by atoms with E-state index in [1.54, 1.807) is 6.07 Å². The van der Waals surface area contributed by atoms with Crippen LogP contribution in [0.1, 0.15) is 28.4 Å². The standard InChI is InChI=1S/C16H12Cl2N2O5/c17-11-2-1-3-12(18)15(11)16(23)19-13(8-14(21)22)9-4-6-10(7-5-9)20(24)25/h1-7,13H,8H2,(H,19,23)(H,21,22). The summed E-state index contributed by atoms with van der Waals surface area (Å²) in [7, 11) is 0. The molecule has 0 fully saturated rings. The number of amides is 1. The van der Waals surface area contributed by atoms with Gasteiger partial charge in [-0.15, -0.1) is 0 Å². The zero-order chi connectivity index (χ0) is 18.6. The first-order valence-electron chi connectivity index (χ1n) is 7.00. The van der Waals surface area contributed by atoms with Crippen LogP contribution in [0.25, 0.3) is 0 Å². The van der Waals surface area contributed by atoms with Gasteiger partial charge in [0.05, 0.1) is 33.0 Å². The third-order valence-electron chi connectivity index (χ3n) is 3.38. The topological polar surface area (TPSA) is 110 Å². The molecule has 9 heteroatoms. The second-order valence-electron chi connectivity index (χ2n) is 5.07. The van der Waals surface area contributed by atoms with Gasteiger partial charge < -0.3 is 10.4 Å². The fraction of sp³-hybridized carbons (Fsp3) is 0.125. The van der Waals surface area contributed by atoms with E-state index in [1.807, 2.05) is 0 Å². The van der Waals surface area contributed by atoms with Gasteiger partial charge in [-0.2, -0.15) is 0 Å². The van der Waals surface area contributed by atoms with E-state index in [9.17, 15) is 19.7 Å². The largest absolute Gasteiger partial charge is 0.481 e. The van der Waals surface area contributed by atoms with E-state index < -0.39 is 29.3 Å². The van der Waals surface area contributed by atoms with Crippen molar-refractivity contribution in [1.82, 2.24) is 5.32 Å². The van der Waals surface area contributed by atoms with Gasteiger partial charge in [-0.1, -0.05) is 41.4 Å². The summed E-state index contributed by atoms with van der Waals surface area (Å²) in [6.07, 6.45) is -0.411. The lowest BCUT2D eigenvalue weighted by Gasteiger charge is -2.18. The Labute approximate surface area is 152 Å². The molecule has 0 spiro atoms. The van der Waals surface area contributed by atoms with Crippen LogP contribution < -0.4 is 5.32 Å². The molecular weight excluding hydrogens is 371 g/mol. The molecule has 0 aliphatic heterocycles.